The van der Waals surface area contributed by atoms with Crippen LogP contribution in [-0.2, 0) is 47.8 Å². The Balaban J connectivity index is 1.32. The van der Waals surface area contributed by atoms with Gasteiger partial charge in [0.05, 0.1) is 50.8 Å². The Labute approximate surface area is 348 Å². The standard InChI is InChI=1S/C39H48N8O14/c40-39(41)42-13-5-10-27(37(56)44-19-31(51)43-20-32(52)46-28(21-48)38(57)59-22-34(53)54)45-30(50)11-12-35(55)60-23-47(14-16-58-17-15-47)33-18-29(49)26-9-4-8-25(36(26)61-33)24-6-2-1-3-7-24/h1-4,6-9,18,27-28,48H,5,10-17,19-23H2,(H8-,40,41,42,43,44,45,46,50,51,52,53,54,56)/p+1. The molecule has 1 saturated heterocycles. The van der Waals surface area contributed by atoms with E-state index in [1.54, 1.807) is 12.1 Å². The second-order valence-corrected chi connectivity index (χ2v) is 13.7. The van der Waals surface area contributed by atoms with E-state index in [1.807, 2.05) is 36.4 Å². The number of aliphatic carboxylic acids is 1. The SMILES string of the molecule is N=C(N)NCCCC(NC(=O)CCC(=O)OC[N+]1(c2cc(=O)c3cccc(-c4ccccc4)c3o2)CCOCC1)C(=O)NCC(=O)NCC(=O)NC(CO)C(=O)OCC(=O)O. The van der Waals surface area contributed by atoms with E-state index in [9.17, 15) is 43.5 Å². The maximum absolute atomic E-state index is 13.4. The Kier molecular flexibility index (Phi) is 17.7. The van der Waals surface area contributed by atoms with Crippen LogP contribution in [0.15, 0.2) is 63.8 Å². The molecule has 22 nitrogen and oxygen atoms in total. The predicted octanol–water partition coefficient (Wildman–Crippen LogP) is -1.84. The molecular formula is C39H49N8O14+. The molecule has 0 aliphatic carbocycles. The minimum atomic E-state index is -1.59. The first-order valence-electron chi connectivity index (χ1n) is 19.1. The van der Waals surface area contributed by atoms with Crippen LogP contribution < -0.4 is 42.2 Å². The van der Waals surface area contributed by atoms with Crippen LogP contribution in [0.5, 0.6) is 0 Å². The monoisotopic (exact) mass is 853 g/mol. The number of hydrogen-bond acceptors (Lipinski definition) is 14. The van der Waals surface area contributed by atoms with Gasteiger partial charge in [0.2, 0.25) is 30.4 Å². The Hall–Kier alpha value is -6.91. The van der Waals surface area contributed by atoms with Gasteiger partial charge in [-0.3, -0.25) is 34.2 Å². The minimum Gasteiger partial charge on any atom is -0.479 e. The number of aliphatic hydroxyl groups is 1. The number of rotatable bonds is 22. The number of nitrogens with one attached hydrogen (secondary N) is 6. The number of carboxylic acids is 1. The number of nitrogens with zero attached hydrogens (tertiary/aromatic N) is 1. The van der Waals surface area contributed by atoms with Gasteiger partial charge < -0.3 is 61.2 Å². The molecular weight excluding hydrogens is 804 g/mol. The van der Waals surface area contributed by atoms with Crippen molar-refractivity contribution >= 4 is 64.3 Å². The van der Waals surface area contributed by atoms with E-state index in [0.29, 0.717) is 42.8 Å². The normalized spacial score (nSPS) is 14.0. The lowest BCUT2D eigenvalue weighted by Crippen LogP contribution is -2.58. The maximum Gasteiger partial charge on any atom is 0.341 e. The summed E-state index contributed by atoms with van der Waals surface area (Å²) >= 11 is 0. The van der Waals surface area contributed by atoms with Crippen LogP contribution in [0, 0.1) is 5.41 Å². The second-order valence-electron chi connectivity index (χ2n) is 13.7. The summed E-state index contributed by atoms with van der Waals surface area (Å²) in [7, 11) is 0. The Morgan fingerprint density at radius 1 is 0.852 bits per heavy atom. The summed E-state index contributed by atoms with van der Waals surface area (Å²) in [5.41, 5.74) is 7.00. The van der Waals surface area contributed by atoms with Gasteiger partial charge in [0.15, 0.2) is 29.6 Å². The highest BCUT2D eigenvalue weighted by atomic mass is 16.6. The molecule has 1 aromatic heterocycles. The van der Waals surface area contributed by atoms with Crippen molar-refractivity contribution in [2.45, 2.75) is 37.8 Å². The molecule has 4 rings (SSSR count). The number of fused-ring (bicyclic) bond motifs is 1. The number of quaternary nitrogens is 1. The number of esters is 2. The van der Waals surface area contributed by atoms with Crippen molar-refractivity contribution in [3.63, 3.8) is 0 Å². The molecule has 1 aliphatic heterocycles. The van der Waals surface area contributed by atoms with Crippen LogP contribution in [0.2, 0.25) is 0 Å². The van der Waals surface area contributed by atoms with Crippen LogP contribution in [0.1, 0.15) is 25.7 Å². The molecule has 4 amide bonds. The van der Waals surface area contributed by atoms with Gasteiger partial charge in [0, 0.05) is 18.5 Å². The van der Waals surface area contributed by atoms with Crippen molar-refractivity contribution in [3.05, 3.63) is 64.8 Å². The summed E-state index contributed by atoms with van der Waals surface area (Å²) in [6, 6.07) is 13.3. The van der Waals surface area contributed by atoms with E-state index in [-0.39, 0.29) is 60.7 Å². The smallest absolute Gasteiger partial charge is 0.341 e. The summed E-state index contributed by atoms with van der Waals surface area (Å²) in [6.45, 7) is -2.04. The highest BCUT2D eigenvalue weighted by Crippen LogP contribution is 2.33. The molecule has 2 aromatic carbocycles. The third kappa shape index (κ3) is 14.4. The van der Waals surface area contributed by atoms with E-state index in [2.05, 4.69) is 31.3 Å². The fourth-order valence-electron chi connectivity index (χ4n) is 6.09. The molecule has 1 fully saturated rings. The molecule has 2 unspecified atom stereocenters. The molecule has 0 saturated carbocycles. The minimum absolute atomic E-state index is 0.0257. The van der Waals surface area contributed by atoms with Gasteiger partial charge in [0.25, 0.3) is 0 Å². The number of carboxylic acid groups (broad SMARTS) is 1. The molecule has 61 heavy (non-hydrogen) atoms. The van der Waals surface area contributed by atoms with Gasteiger partial charge in [-0.15, -0.1) is 0 Å². The van der Waals surface area contributed by atoms with Crippen molar-refractivity contribution in [2.75, 3.05) is 65.9 Å². The van der Waals surface area contributed by atoms with Crippen molar-refractivity contribution in [2.24, 2.45) is 5.73 Å². The zero-order valence-electron chi connectivity index (χ0n) is 33.1. The lowest BCUT2D eigenvalue weighted by atomic mass is 10.0. The number of para-hydroxylation sites is 1. The molecule has 2 heterocycles. The van der Waals surface area contributed by atoms with Crippen LogP contribution in [0.25, 0.3) is 22.1 Å². The number of hydrogen-bond donors (Lipinski definition) is 9. The highest BCUT2D eigenvalue weighted by molar-refractivity contribution is 5.94. The lowest BCUT2D eigenvalue weighted by molar-refractivity contribution is -0.157. The average molecular weight is 854 g/mol. The highest BCUT2D eigenvalue weighted by Gasteiger charge is 2.38. The van der Waals surface area contributed by atoms with Crippen LogP contribution in [0.4, 0.5) is 5.88 Å². The maximum atomic E-state index is 13.4. The molecule has 328 valence electrons. The molecule has 0 spiro atoms. The van der Waals surface area contributed by atoms with Crippen molar-refractivity contribution in [3.8, 4) is 11.1 Å². The predicted molar refractivity (Wildman–Crippen MR) is 215 cm³/mol. The molecule has 0 bridgehead atoms. The van der Waals surface area contributed by atoms with Gasteiger partial charge in [-0.1, -0.05) is 42.5 Å². The van der Waals surface area contributed by atoms with Gasteiger partial charge in [0.1, 0.15) is 19.1 Å². The fraction of sp³-hybridized carbons (Fsp3) is 0.410. The summed E-state index contributed by atoms with van der Waals surface area (Å²) in [5, 5.41) is 37.3. The zero-order valence-corrected chi connectivity index (χ0v) is 33.1. The molecule has 10 N–H and O–H groups in total. The topological polar surface area (TPSA) is 328 Å². The average Bonchev–Trinajstić information content (AvgIpc) is 3.25. The third-order valence-electron chi connectivity index (χ3n) is 9.30. The van der Waals surface area contributed by atoms with E-state index >= 15 is 0 Å². The van der Waals surface area contributed by atoms with Crippen LogP contribution >= 0.6 is 0 Å². The quantitative estimate of drug-likeness (QED) is 0.0176. The second kappa shape index (κ2) is 23.0. The number of morpholine rings is 1. The Morgan fingerprint density at radius 2 is 1.56 bits per heavy atom. The first-order valence-corrected chi connectivity index (χ1v) is 19.1. The van der Waals surface area contributed by atoms with E-state index in [1.165, 1.54) is 6.07 Å². The number of benzene rings is 2. The lowest BCUT2D eigenvalue weighted by Gasteiger charge is -2.37. The first kappa shape index (κ1) is 46.8. The number of guanidine groups is 1. The van der Waals surface area contributed by atoms with Gasteiger partial charge in [-0.2, -0.15) is 0 Å². The van der Waals surface area contributed by atoms with Crippen LogP contribution in [0.3, 0.4) is 0 Å². The summed E-state index contributed by atoms with van der Waals surface area (Å²) in [5.74, 6) is -6.69. The zero-order chi connectivity index (χ0) is 44.4. The summed E-state index contributed by atoms with van der Waals surface area (Å²) in [6.07, 6.45) is -0.481. The Bertz CT molecular complexity index is 2120. The summed E-state index contributed by atoms with van der Waals surface area (Å²) in [4.78, 5) is 99.5. The largest absolute Gasteiger partial charge is 0.479 e. The fourth-order valence-corrected chi connectivity index (χ4v) is 6.09. The first-order chi connectivity index (χ1) is 29.2. The van der Waals surface area contributed by atoms with Gasteiger partial charge in [-0.05, 0) is 24.5 Å². The van der Waals surface area contributed by atoms with Gasteiger partial charge in [-0.25, -0.2) is 14.1 Å². The molecule has 2 atom stereocenters. The molecule has 3 aromatic rings. The van der Waals surface area contributed by atoms with Crippen molar-refractivity contribution in [1.82, 2.24) is 31.1 Å². The molecule has 1 aliphatic rings. The molecule has 0 radical (unpaired) electrons. The number of ether oxygens (including phenoxy) is 3. The van der Waals surface area contributed by atoms with E-state index in [0.717, 1.165) is 5.56 Å². The number of aliphatic hydroxyl groups excluding tert-OH is 1. The van der Waals surface area contributed by atoms with Crippen molar-refractivity contribution < 1.29 is 62.4 Å². The number of carbonyl (C=O) groups is 7. The van der Waals surface area contributed by atoms with Crippen molar-refractivity contribution in [1.29, 1.82) is 5.41 Å². The Morgan fingerprint density at radius 3 is 2.25 bits per heavy atom. The number of carbonyl (C=O) groups excluding carboxylic acids is 6. The molecule has 22 heteroatoms. The summed E-state index contributed by atoms with van der Waals surface area (Å²) < 4.78 is 22.1. The third-order valence-corrected chi connectivity index (χ3v) is 9.30. The van der Waals surface area contributed by atoms with E-state index in [4.69, 9.17) is 30.1 Å². The van der Waals surface area contributed by atoms with E-state index < -0.39 is 79.9 Å². The number of amides is 4. The number of nitrogens with two attached hydrogens (primary N) is 1. The van der Waals surface area contributed by atoms with Crippen LogP contribution in [-0.4, -0.2) is 136 Å². The van der Waals surface area contributed by atoms with Gasteiger partial charge >= 0.3 is 23.8 Å².